The zero-order chi connectivity index (χ0) is 27.4. The number of nitrogens with zero attached hydrogens (tertiary/aromatic N) is 2. The fourth-order valence-corrected chi connectivity index (χ4v) is 4.76. The maximum absolute atomic E-state index is 11.8. The van der Waals surface area contributed by atoms with Gasteiger partial charge in [-0.05, 0) is 70.8 Å². The first-order valence-electron chi connectivity index (χ1n) is 12.2. The molecule has 7 heteroatoms. The summed E-state index contributed by atoms with van der Waals surface area (Å²) in [6.45, 7) is 0.549. The number of nitrogens with two attached hydrogens (primary N) is 1. The minimum atomic E-state index is -0.366. The summed E-state index contributed by atoms with van der Waals surface area (Å²) in [6, 6.07) is 28.8. The summed E-state index contributed by atoms with van der Waals surface area (Å²) >= 11 is 12.6. The van der Waals surface area contributed by atoms with Crippen molar-refractivity contribution in [2.75, 3.05) is 12.8 Å². The van der Waals surface area contributed by atoms with Gasteiger partial charge in [0.1, 0.15) is 5.82 Å². The largest absolute Gasteiger partial charge is 0.465 e. The number of nitrogen functional groups attached to an aromatic ring is 1. The summed E-state index contributed by atoms with van der Waals surface area (Å²) < 4.78 is 6.85. The van der Waals surface area contributed by atoms with Crippen molar-refractivity contribution in [1.29, 1.82) is 0 Å². The third-order valence-electron chi connectivity index (χ3n) is 6.30. The number of hydrogen-bond acceptors (Lipinski definition) is 4. The molecule has 0 radical (unpaired) electrons. The summed E-state index contributed by atoms with van der Waals surface area (Å²) in [4.78, 5) is 16.7. The molecule has 5 nitrogen and oxygen atoms in total. The minimum absolute atomic E-state index is 0.366. The predicted octanol–water partition coefficient (Wildman–Crippen LogP) is 8.11. The Bertz CT molecular complexity index is 1660. The van der Waals surface area contributed by atoms with Gasteiger partial charge >= 0.3 is 5.97 Å². The van der Waals surface area contributed by atoms with Crippen LogP contribution < -0.4 is 5.73 Å². The Morgan fingerprint density at radius 3 is 2.38 bits per heavy atom. The summed E-state index contributed by atoms with van der Waals surface area (Å²) in [6.07, 6.45) is 5.97. The second-order valence-electron chi connectivity index (χ2n) is 9.01. The minimum Gasteiger partial charge on any atom is -0.465 e. The number of imidazole rings is 1. The van der Waals surface area contributed by atoms with Crippen molar-refractivity contribution in [2.24, 2.45) is 0 Å². The highest BCUT2D eigenvalue weighted by Crippen LogP contribution is 2.30. The van der Waals surface area contributed by atoms with Crippen LogP contribution in [0.15, 0.2) is 97.2 Å². The lowest BCUT2D eigenvalue weighted by Crippen LogP contribution is -2.03. The van der Waals surface area contributed by atoms with Gasteiger partial charge in [-0.15, -0.1) is 0 Å². The van der Waals surface area contributed by atoms with E-state index in [1.807, 2.05) is 65.4 Å². The molecule has 0 aliphatic heterocycles. The highest BCUT2D eigenvalue weighted by molar-refractivity contribution is 6.36. The Morgan fingerprint density at radius 2 is 1.69 bits per heavy atom. The Balaban J connectivity index is 1.45. The monoisotopic (exact) mass is 553 g/mol. The van der Waals surface area contributed by atoms with Gasteiger partial charge in [0.05, 0.1) is 23.4 Å². The molecule has 0 saturated heterocycles. The summed E-state index contributed by atoms with van der Waals surface area (Å²) in [5, 5.41) is 1.10. The molecule has 0 bridgehead atoms. The first-order valence-corrected chi connectivity index (χ1v) is 13.0. The van der Waals surface area contributed by atoms with Crippen LogP contribution in [-0.4, -0.2) is 22.6 Å². The van der Waals surface area contributed by atoms with Crippen molar-refractivity contribution in [3.8, 4) is 22.4 Å². The van der Waals surface area contributed by atoms with Gasteiger partial charge in [0, 0.05) is 29.0 Å². The predicted molar refractivity (Wildman–Crippen MR) is 160 cm³/mol. The number of halogens is 2. The maximum atomic E-state index is 11.8. The standard InChI is InChI=1S/C32H25Cl2N3O2/c1-39-32(38)24-12-7-22(8-13-24)19-37-20-30(28-15-14-26(33)18-29(28)34)36-31(37)16-9-21-5-10-23(11-6-21)25-3-2-4-27(35)17-25/h2-18,20H,19,35H2,1H3/b16-9+. The van der Waals surface area contributed by atoms with Gasteiger partial charge in [0.2, 0.25) is 0 Å². The van der Waals surface area contributed by atoms with Gasteiger partial charge in [-0.1, -0.05) is 77.8 Å². The Kier molecular flexibility index (Phi) is 7.82. The molecule has 0 fully saturated rings. The van der Waals surface area contributed by atoms with E-state index in [0.717, 1.165) is 45.0 Å². The number of hydrogen-bond donors (Lipinski definition) is 1. The topological polar surface area (TPSA) is 70.1 Å². The number of rotatable bonds is 7. The van der Waals surface area contributed by atoms with Gasteiger partial charge in [-0.25, -0.2) is 9.78 Å². The molecule has 1 heterocycles. The summed E-state index contributed by atoms with van der Waals surface area (Å²) in [5.74, 6) is 0.391. The first-order chi connectivity index (χ1) is 18.9. The van der Waals surface area contributed by atoms with E-state index in [9.17, 15) is 4.79 Å². The van der Waals surface area contributed by atoms with E-state index in [-0.39, 0.29) is 5.97 Å². The third-order valence-corrected chi connectivity index (χ3v) is 6.85. The Hall–Kier alpha value is -4.32. The van der Waals surface area contributed by atoms with Crippen LogP contribution in [0.1, 0.15) is 27.3 Å². The quantitative estimate of drug-likeness (QED) is 0.163. The van der Waals surface area contributed by atoms with Crippen molar-refractivity contribution in [2.45, 2.75) is 6.54 Å². The van der Waals surface area contributed by atoms with E-state index in [2.05, 4.69) is 24.3 Å². The van der Waals surface area contributed by atoms with Crippen LogP contribution in [0.5, 0.6) is 0 Å². The lowest BCUT2D eigenvalue weighted by Gasteiger charge is -2.07. The van der Waals surface area contributed by atoms with E-state index >= 15 is 0 Å². The van der Waals surface area contributed by atoms with Gasteiger partial charge in [0.15, 0.2) is 0 Å². The van der Waals surface area contributed by atoms with Crippen LogP contribution in [-0.2, 0) is 11.3 Å². The molecule has 5 aromatic rings. The number of ether oxygens (including phenoxy) is 1. The molecule has 2 N–H and O–H groups in total. The molecule has 194 valence electrons. The molecule has 4 aromatic carbocycles. The van der Waals surface area contributed by atoms with E-state index in [1.54, 1.807) is 24.3 Å². The van der Waals surface area contributed by atoms with Gasteiger partial charge in [-0.3, -0.25) is 0 Å². The van der Waals surface area contributed by atoms with Crippen LogP contribution >= 0.6 is 23.2 Å². The van der Waals surface area contributed by atoms with Crippen molar-refractivity contribution in [3.05, 3.63) is 130 Å². The molecule has 0 spiro atoms. The smallest absolute Gasteiger partial charge is 0.337 e. The maximum Gasteiger partial charge on any atom is 0.337 e. The zero-order valence-corrected chi connectivity index (χ0v) is 22.7. The highest BCUT2D eigenvalue weighted by Gasteiger charge is 2.13. The van der Waals surface area contributed by atoms with E-state index < -0.39 is 0 Å². The average Bonchev–Trinajstić information content (AvgIpc) is 3.34. The molecule has 1 aromatic heterocycles. The van der Waals surface area contributed by atoms with Gasteiger partial charge in [-0.2, -0.15) is 0 Å². The Labute approximate surface area is 237 Å². The van der Waals surface area contributed by atoms with Crippen molar-refractivity contribution >= 4 is 47.0 Å². The molecular formula is C32H25Cl2N3O2. The molecule has 39 heavy (non-hydrogen) atoms. The van der Waals surface area contributed by atoms with Gasteiger partial charge in [0.25, 0.3) is 0 Å². The number of methoxy groups -OCH3 is 1. The van der Waals surface area contributed by atoms with Gasteiger partial charge < -0.3 is 15.0 Å². The van der Waals surface area contributed by atoms with Crippen LogP contribution in [0.3, 0.4) is 0 Å². The zero-order valence-electron chi connectivity index (χ0n) is 21.1. The molecule has 0 unspecified atom stereocenters. The molecule has 0 atom stereocenters. The van der Waals surface area contributed by atoms with Crippen LogP contribution in [0.25, 0.3) is 34.5 Å². The first kappa shape index (κ1) is 26.3. The third kappa shape index (κ3) is 6.23. The number of benzene rings is 4. The average molecular weight is 554 g/mol. The van der Waals surface area contributed by atoms with E-state index in [1.165, 1.54) is 7.11 Å². The molecule has 5 rings (SSSR count). The van der Waals surface area contributed by atoms with Crippen molar-refractivity contribution in [3.63, 3.8) is 0 Å². The lowest BCUT2D eigenvalue weighted by molar-refractivity contribution is 0.0600. The molecule has 0 aliphatic carbocycles. The van der Waals surface area contributed by atoms with Crippen LogP contribution in [0.4, 0.5) is 5.69 Å². The van der Waals surface area contributed by atoms with E-state index in [0.29, 0.717) is 22.2 Å². The SMILES string of the molecule is COC(=O)c1ccc(Cn2cc(-c3ccc(Cl)cc3Cl)nc2/C=C/c2ccc(-c3cccc(N)c3)cc2)cc1. The fraction of sp³-hybridized carbons (Fsp3) is 0.0625. The summed E-state index contributed by atoms with van der Waals surface area (Å²) in [5.41, 5.74) is 12.9. The number of aromatic nitrogens is 2. The number of carbonyl (C=O) groups excluding carboxylic acids is 1. The van der Waals surface area contributed by atoms with Crippen molar-refractivity contribution < 1.29 is 9.53 Å². The highest BCUT2D eigenvalue weighted by atomic mass is 35.5. The fourth-order valence-electron chi connectivity index (χ4n) is 4.25. The Morgan fingerprint density at radius 1 is 0.923 bits per heavy atom. The second kappa shape index (κ2) is 11.6. The normalized spacial score (nSPS) is 11.2. The lowest BCUT2D eigenvalue weighted by atomic mass is 10.0. The summed E-state index contributed by atoms with van der Waals surface area (Å²) in [7, 11) is 1.37. The van der Waals surface area contributed by atoms with Crippen LogP contribution in [0, 0.1) is 0 Å². The van der Waals surface area contributed by atoms with E-state index in [4.69, 9.17) is 38.7 Å². The second-order valence-corrected chi connectivity index (χ2v) is 9.85. The molecule has 0 amide bonds. The van der Waals surface area contributed by atoms with Crippen molar-refractivity contribution in [1.82, 2.24) is 9.55 Å². The van der Waals surface area contributed by atoms with Crippen LogP contribution in [0.2, 0.25) is 10.0 Å². The number of esters is 1. The number of anilines is 1. The molecule has 0 saturated carbocycles. The molecule has 0 aliphatic rings. The molecular weight excluding hydrogens is 529 g/mol. The number of carbonyl (C=O) groups is 1.